The predicted octanol–water partition coefficient (Wildman–Crippen LogP) is 1.65. The normalized spacial score (nSPS) is 22.9. The molecule has 1 saturated heterocycles. The number of carboxylic acid groups (broad SMARTS) is 1. The highest BCUT2D eigenvalue weighted by molar-refractivity contribution is 7.11. The van der Waals surface area contributed by atoms with Crippen LogP contribution in [0.15, 0.2) is 5.51 Å². The topological polar surface area (TPSA) is 53.4 Å². The van der Waals surface area contributed by atoms with Crippen molar-refractivity contribution in [3.8, 4) is 0 Å². The second kappa shape index (κ2) is 4.28. The number of carbonyl (C=O) groups is 1. The number of aromatic nitrogens is 1. The molecule has 1 fully saturated rings. The van der Waals surface area contributed by atoms with Crippen LogP contribution in [-0.4, -0.2) is 41.1 Å². The predicted molar refractivity (Wildman–Crippen MR) is 58.5 cm³/mol. The van der Waals surface area contributed by atoms with Crippen molar-refractivity contribution in [1.82, 2.24) is 9.88 Å². The van der Waals surface area contributed by atoms with Gasteiger partial charge in [0.1, 0.15) is 4.88 Å². The fourth-order valence-electron chi connectivity index (χ4n) is 2.10. The van der Waals surface area contributed by atoms with Crippen molar-refractivity contribution >= 4 is 17.3 Å². The van der Waals surface area contributed by atoms with E-state index < -0.39 is 5.97 Å². The van der Waals surface area contributed by atoms with Gasteiger partial charge in [0, 0.05) is 12.5 Å². The van der Waals surface area contributed by atoms with Crippen LogP contribution in [0.4, 0.5) is 0 Å². The summed E-state index contributed by atoms with van der Waals surface area (Å²) >= 11 is 1.22. The van der Waals surface area contributed by atoms with Gasteiger partial charge < -0.3 is 10.0 Å². The van der Waals surface area contributed by atoms with E-state index in [1.165, 1.54) is 11.3 Å². The Morgan fingerprint density at radius 3 is 3.20 bits per heavy atom. The average Bonchev–Trinajstić information content (AvgIpc) is 2.65. The molecule has 1 aromatic heterocycles. The third kappa shape index (κ3) is 2.18. The number of piperidine rings is 1. The number of hydrogen-bond acceptors (Lipinski definition) is 4. The van der Waals surface area contributed by atoms with Crippen LogP contribution in [0, 0.1) is 0 Å². The first kappa shape index (κ1) is 10.6. The number of rotatable bonds is 2. The summed E-state index contributed by atoms with van der Waals surface area (Å²) < 4.78 is 0. The quantitative estimate of drug-likeness (QED) is 0.833. The Kier molecular flexibility index (Phi) is 3.02. The zero-order valence-corrected chi connectivity index (χ0v) is 9.46. The minimum atomic E-state index is -0.847. The lowest BCUT2D eigenvalue weighted by molar-refractivity contribution is 0.0699. The zero-order chi connectivity index (χ0) is 10.8. The number of nitrogens with zero attached hydrogens (tertiary/aromatic N) is 2. The van der Waals surface area contributed by atoms with Crippen LogP contribution in [-0.2, 0) is 0 Å². The minimum absolute atomic E-state index is 0.293. The fourth-order valence-corrected chi connectivity index (χ4v) is 2.81. The van der Waals surface area contributed by atoms with Gasteiger partial charge in [-0.25, -0.2) is 9.78 Å². The van der Waals surface area contributed by atoms with Gasteiger partial charge in [0.15, 0.2) is 0 Å². The molecule has 5 heteroatoms. The molecule has 1 aromatic rings. The fraction of sp³-hybridized carbons (Fsp3) is 0.600. The summed E-state index contributed by atoms with van der Waals surface area (Å²) in [5.41, 5.74) is 2.41. The molecule has 2 rings (SSSR count). The maximum atomic E-state index is 11.0. The first-order valence-corrected chi connectivity index (χ1v) is 5.91. The molecule has 15 heavy (non-hydrogen) atoms. The van der Waals surface area contributed by atoms with Gasteiger partial charge in [0.2, 0.25) is 0 Å². The first-order chi connectivity index (χ1) is 7.18. The van der Waals surface area contributed by atoms with E-state index in [0.717, 1.165) is 31.6 Å². The number of thiazole rings is 1. The highest BCUT2D eigenvalue weighted by atomic mass is 32.1. The van der Waals surface area contributed by atoms with Crippen LogP contribution in [0.5, 0.6) is 0 Å². The third-order valence-corrected chi connectivity index (χ3v) is 3.63. The van der Waals surface area contributed by atoms with Gasteiger partial charge >= 0.3 is 5.97 Å². The highest BCUT2D eigenvalue weighted by Crippen LogP contribution is 2.29. The Balaban J connectivity index is 2.21. The molecule has 4 nitrogen and oxygen atoms in total. The Hall–Kier alpha value is -0.940. The molecule has 2 heterocycles. The second-order valence-corrected chi connectivity index (χ2v) is 4.83. The summed E-state index contributed by atoms with van der Waals surface area (Å²) in [6.45, 7) is 2.02. The van der Waals surface area contributed by atoms with Crippen LogP contribution in [0.25, 0.3) is 0 Å². The van der Waals surface area contributed by atoms with Crippen molar-refractivity contribution in [1.29, 1.82) is 0 Å². The van der Waals surface area contributed by atoms with Crippen molar-refractivity contribution in [3.63, 3.8) is 0 Å². The number of hydrogen-bond donors (Lipinski definition) is 1. The van der Waals surface area contributed by atoms with Crippen LogP contribution >= 0.6 is 11.3 Å². The van der Waals surface area contributed by atoms with E-state index in [2.05, 4.69) is 16.9 Å². The first-order valence-electron chi connectivity index (χ1n) is 5.03. The molecule has 0 aromatic carbocycles. The van der Waals surface area contributed by atoms with E-state index in [1.807, 2.05) is 0 Å². The molecular formula is C10H14N2O2S. The Morgan fingerprint density at radius 1 is 1.73 bits per heavy atom. The molecule has 0 spiro atoms. The van der Waals surface area contributed by atoms with Crippen LogP contribution in [0.3, 0.4) is 0 Å². The Morgan fingerprint density at radius 2 is 2.53 bits per heavy atom. The summed E-state index contributed by atoms with van der Waals surface area (Å²) in [7, 11) is 2.07. The van der Waals surface area contributed by atoms with Gasteiger partial charge in [-0.15, -0.1) is 11.3 Å². The molecule has 0 amide bonds. The monoisotopic (exact) mass is 226 g/mol. The smallest absolute Gasteiger partial charge is 0.347 e. The molecule has 0 aliphatic carbocycles. The molecule has 0 saturated carbocycles. The van der Waals surface area contributed by atoms with E-state index in [1.54, 1.807) is 5.51 Å². The average molecular weight is 226 g/mol. The summed E-state index contributed by atoms with van der Waals surface area (Å²) in [4.78, 5) is 17.8. The molecule has 0 radical (unpaired) electrons. The third-order valence-electron chi connectivity index (χ3n) is 2.80. The Bertz CT molecular complexity index is 364. The van der Waals surface area contributed by atoms with Gasteiger partial charge in [0.05, 0.1) is 11.2 Å². The van der Waals surface area contributed by atoms with E-state index in [-0.39, 0.29) is 0 Å². The molecule has 1 unspecified atom stereocenters. The van der Waals surface area contributed by atoms with Crippen LogP contribution in [0.2, 0.25) is 0 Å². The van der Waals surface area contributed by atoms with Crippen molar-refractivity contribution < 1.29 is 9.90 Å². The molecule has 1 N–H and O–H groups in total. The summed E-state index contributed by atoms with van der Waals surface area (Å²) in [5.74, 6) is -0.554. The number of likely N-dealkylation sites (N-methyl/N-ethyl adjacent to an activating group) is 1. The lowest BCUT2D eigenvalue weighted by Crippen LogP contribution is -2.31. The lowest BCUT2D eigenvalue weighted by atomic mass is 9.94. The lowest BCUT2D eigenvalue weighted by Gasteiger charge is -2.28. The van der Waals surface area contributed by atoms with Crippen LogP contribution < -0.4 is 0 Å². The zero-order valence-electron chi connectivity index (χ0n) is 8.64. The van der Waals surface area contributed by atoms with E-state index >= 15 is 0 Å². The van der Waals surface area contributed by atoms with Crippen LogP contribution in [0.1, 0.15) is 34.1 Å². The number of likely N-dealkylation sites (tertiary alicyclic amines) is 1. The van der Waals surface area contributed by atoms with Crippen molar-refractivity contribution in [3.05, 3.63) is 16.1 Å². The van der Waals surface area contributed by atoms with E-state index in [0.29, 0.717) is 10.8 Å². The van der Waals surface area contributed by atoms with E-state index in [4.69, 9.17) is 5.11 Å². The Labute approximate surface area is 92.6 Å². The number of aromatic carboxylic acids is 1. The van der Waals surface area contributed by atoms with Gasteiger partial charge in [-0.05, 0) is 26.4 Å². The van der Waals surface area contributed by atoms with E-state index in [9.17, 15) is 4.79 Å². The molecule has 0 bridgehead atoms. The number of carboxylic acids is 1. The summed E-state index contributed by atoms with van der Waals surface area (Å²) in [6.07, 6.45) is 2.17. The van der Waals surface area contributed by atoms with Gasteiger partial charge in [0.25, 0.3) is 0 Å². The molecule has 82 valence electrons. The summed E-state index contributed by atoms with van der Waals surface area (Å²) in [6, 6.07) is 0. The van der Waals surface area contributed by atoms with Gasteiger partial charge in [-0.1, -0.05) is 0 Å². The van der Waals surface area contributed by atoms with Crippen molar-refractivity contribution in [2.24, 2.45) is 0 Å². The highest BCUT2D eigenvalue weighted by Gasteiger charge is 2.25. The SMILES string of the molecule is CN1CCCC(c2ncsc2C(=O)O)C1. The molecule has 1 aliphatic heterocycles. The van der Waals surface area contributed by atoms with Gasteiger partial charge in [-0.2, -0.15) is 0 Å². The molecular weight excluding hydrogens is 212 g/mol. The second-order valence-electron chi connectivity index (χ2n) is 3.97. The largest absolute Gasteiger partial charge is 0.477 e. The molecule has 1 aliphatic rings. The minimum Gasteiger partial charge on any atom is -0.477 e. The van der Waals surface area contributed by atoms with Crippen molar-refractivity contribution in [2.75, 3.05) is 20.1 Å². The molecule has 1 atom stereocenters. The summed E-state index contributed by atoms with van der Waals surface area (Å²) in [5, 5.41) is 9.01. The van der Waals surface area contributed by atoms with Crippen molar-refractivity contribution in [2.45, 2.75) is 18.8 Å². The standard InChI is InChI=1S/C10H14N2O2S/c1-12-4-2-3-7(5-12)8-9(10(13)14)15-6-11-8/h6-7H,2-5H2,1H3,(H,13,14). The van der Waals surface area contributed by atoms with Gasteiger partial charge in [-0.3, -0.25) is 0 Å². The maximum Gasteiger partial charge on any atom is 0.347 e. The maximum absolute atomic E-state index is 11.0.